The van der Waals surface area contributed by atoms with Crippen LogP contribution in [0.4, 0.5) is 0 Å². The van der Waals surface area contributed by atoms with Crippen molar-refractivity contribution in [2.45, 2.75) is 26.1 Å². The molecule has 3 aromatic carbocycles. The van der Waals surface area contributed by atoms with Gasteiger partial charge in [-0.2, -0.15) is 0 Å². The molecule has 1 aromatic heterocycles. The summed E-state index contributed by atoms with van der Waals surface area (Å²) in [5.74, 6) is 0.296. The van der Waals surface area contributed by atoms with Gasteiger partial charge in [-0.1, -0.05) is 48.5 Å². The first-order valence-corrected chi connectivity index (χ1v) is 10.2. The molecule has 5 heteroatoms. The topological polar surface area (TPSA) is 65.7 Å². The zero-order valence-electron chi connectivity index (χ0n) is 17.1. The Morgan fingerprint density at radius 3 is 2.35 bits per heavy atom. The van der Waals surface area contributed by atoms with Crippen LogP contribution in [0.15, 0.2) is 82.0 Å². The highest BCUT2D eigenvalue weighted by atomic mass is 16.5. The predicted molar refractivity (Wildman–Crippen MR) is 117 cm³/mol. The first-order valence-electron chi connectivity index (χ1n) is 10.2. The van der Waals surface area contributed by atoms with Gasteiger partial charge in [-0.15, -0.1) is 0 Å². The maximum absolute atomic E-state index is 13.2. The minimum absolute atomic E-state index is 0.0559. The Hall–Kier alpha value is -3.86. The van der Waals surface area contributed by atoms with Crippen molar-refractivity contribution in [1.29, 1.82) is 0 Å². The minimum Gasteiger partial charge on any atom is -0.491 e. The van der Waals surface area contributed by atoms with E-state index in [0.29, 0.717) is 27.8 Å². The number of carbonyl (C=O) groups excluding carboxylic acids is 1. The van der Waals surface area contributed by atoms with Gasteiger partial charge >= 0.3 is 11.6 Å². The van der Waals surface area contributed by atoms with Crippen LogP contribution in [0.25, 0.3) is 22.1 Å². The van der Waals surface area contributed by atoms with Crippen molar-refractivity contribution in [2.75, 3.05) is 0 Å². The number of cyclic esters (lactones) is 1. The summed E-state index contributed by atoms with van der Waals surface area (Å²) in [7, 11) is 0. The molecule has 1 aliphatic rings. The van der Waals surface area contributed by atoms with E-state index in [1.807, 2.05) is 68.4 Å². The monoisotopic (exact) mass is 412 g/mol. The number of esters is 1. The fourth-order valence-corrected chi connectivity index (χ4v) is 4.05. The van der Waals surface area contributed by atoms with Crippen LogP contribution in [0.3, 0.4) is 0 Å². The first-order chi connectivity index (χ1) is 15.0. The van der Waals surface area contributed by atoms with E-state index in [1.54, 1.807) is 18.2 Å². The summed E-state index contributed by atoms with van der Waals surface area (Å²) >= 11 is 0. The van der Waals surface area contributed by atoms with Crippen molar-refractivity contribution in [1.82, 2.24) is 0 Å². The van der Waals surface area contributed by atoms with Gasteiger partial charge in [0, 0.05) is 16.5 Å². The Balaban J connectivity index is 1.76. The SMILES string of the molecule is CC(C)Oc1ccc(-c2c(C3OC(=O)c4ccccc43)c(=O)oc3ccccc23)cc1. The lowest BCUT2D eigenvalue weighted by Crippen LogP contribution is -2.16. The van der Waals surface area contributed by atoms with Gasteiger partial charge in [0.1, 0.15) is 11.3 Å². The van der Waals surface area contributed by atoms with E-state index in [-0.39, 0.29) is 6.10 Å². The zero-order chi connectivity index (χ0) is 21.5. The molecule has 1 atom stereocenters. The van der Waals surface area contributed by atoms with Crippen LogP contribution in [-0.4, -0.2) is 12.1 Å². The smallest absolute Gasteiger partial charge is 0.344 e. The summed E-state index contributed by atoms with van der Waals surface area (Å²) in [5, 5.41) is 0.773. The average Bonchev–Trinajstić information content (AvgIpc) is 3.09. The molecule has 0 fully saturated rings. The fourth-order valence-electron chi connectivity index (χ4n) is 4.05. The van der Waals surface area contributed by atoms with Crippen LogP contribution in [0.1, 0.15) is 41.4 Å². The van der Waals surface area contributed by atoms with Crippen LogP contribution < -0.4 is 10.4 Å². The van der Waals surface area contributed by atoms with Crippen molar-refractivity contribution in [3.63, 3.8) is 0 Å². The quantitative estimate of drug-likeness (QED) is 0.327. The molecule has 1 aliphatic heterocycles. The van der Waals surface area contributed by atoms with Gasteiger partial charge in [0.25, 0.3) is 0 Å². The third-order valence-electron chi connectivity index (χ3n) is 5.31. The van der Waals surface area contributed by atoms with Gasteiger partial charge in [0.2, 0.25) is 0 Å². The molecule has 0 amide bonds. The summed E-state index contributed by atoms with van der Waals surface area (Å²) in [4.78, 5) is 25.6. The molecule has 31 heavy (non-hydrogen) atoms. The highest BCUT2D eigenvalue weighted by Crippen LogP contribution is 2.41. The molecule has 0 saturated heterocycles. The second-order valence-corrected chi connectivity index (χ2v) is 7.74. The van der Waals surface area contributed by atoms with E-state index >= 15 is 0 Å². The molecule has 0 radical (unpaired) electrons. The van der Waals surface area contributed by atoms with Crippen LogP contribution in [-0.2, 0) is 4.74 Å². The lowest BCUT2D eigenvalue weighted by Gasteiger charge is -2.17. The lowest BCUT2D eigenvalue weighted by molar-refractivity contribution is 0.0452. The summed E-state index contributed by atoms with van der Waals surface area (Å²) in [6.07, 6.45) is -0.772. The van der Waals surface area contributed by atoms with Crippen LogP contribution in [0, 0.1) is 0 Å². The van der Waals surface area contributed by atoms with Gasteiger partial charge in [0.05, 0.1) is 17.2 Å². The summed E-state index contributed by atoms with van der Waals surface area (Å²) in [6, 6.07) is 22.0. The molecule has 0 saturated carbocycles. The molecular weight excluding hydrogens is 392 g/mol. The number of ether oxygens (including phenoxy) is 2. The number of carbonyl (C=O) groups is 1. The standard InChI is InChI=1S/C26H20O5/c1-15(2)29-17-13-11-16(12-14-17)22-20-9-5-6-10-21(20)30-26(28)23(22)24-18-7-3-4-8-19(18)25(27)31-24/h3-15,24H,1-2H3. The molecule has 0 N–H and O–H groups in total. The van der Waals surface area contributed by atoms with Crippen LogP contribution in [0.5, 0.6) is 5.75 Å². The van der Waals surface area contributed by atoms with Gasteiger partial charge in [-0.05, 0) is 43.7 Å². The first kappa shape index (κ1) is 19.1. The number of hydrogen-bond donors (Lipinski definition) is 0. The Kier molecular flexibility index (Phi) is 4.59. The van der Waals surface area contributed by atoms with Crippen molar-refractivity contribution in [3.05, 3.63) is 99.9 Å². The van der Waals surface area contributed by atoms with E-state index < -0.39 is 17.7 Å². The molecule has 0 spiro atoms. The average molecular weight is 412 g/mol. The largest absolute Gasteiger partial charge is 0.491 e. The van der Waals surface area contributed by atoms with Crippen molar-refractivity contribution < 1.29 is 18.7 Å². The molecule has 0 bridgehead atoms. The van der Waals surface area contributed by atoms with Crippen LogP contribution in [0.2, 0.25) is 0 Å². The van der Waals surface area contributed by atoms with Crippen molar-refractivity contribution in [3.8, 4) is 16.9 Å². The van der Waals surface area contributed by atoms with Crippen molar-refractivity contribution >= 4 is 16.9 Å². The van der Waals surface area contributed by atoms with E-state index in [9.17, 15) is 9.59 Å². The normalized spacial score (nSPS) is 15.2. The maximum atomic E-state index is 13.2. The van der Waals surface area contributed by atoms with E-state index in [1.165, 1.54) is 0 Å². The fraction of sp³-hybridized carbons (Fsp3) is 0.154. The van der Waals surface area contributed by atoms with E-state index in [0.717, 1.165) is 16.7 Å². The zero-order valence-corrected chi connectivity index (χ0v) is 17.1. The highest BCUT2D eigenvalue weighted by Gasteiger charge is 2.36. The molecule has 5 nitrogen and oxygen atoms in total. The molecule has 154 valence electrons. The predicted octanol–water partition coefficient (Wildman–Crippen LogP) is 5.51. The number of rotatable bonds is 4. The van der Waals surface area contributed by atoms with Crippen molar-refractivity contribution in [2.24, 2.45) is 0 Å². The molecule has 1 unspecified atom stereocenters. The Morgan fingerprint density at radius 2 is 1.58 bits per heavy atom. The highest BCUT2D eigenvalue weighted by molar-refractivity contribution is 5.98. The lowest BCUT2D eigenvalue weighted by atomic mass is 9.91. The molecule has 2 heterocycles. The summed E-state index contributed by atoms with van der Waals surface area (Å²) < 4.78 is 17.0. The van der Waals surface area contributed by atoms with Crippen LogP contribution >= 0.6 is 0 Å². The second kappa shape index (κ2) is 7.43. The second-order valence-electron chi connectivity index (χ2n) is 7.74. The van der Waals surface area contributed by atoms with E-state index in [2.05, 4.69) is 0 Å². The maximum Gasteiger partial charge on any atom is 0.344 e. The number of fused-ring (bicyclic) bond motifs is 2. The van der Waals surface area contributed by atoms with Gasteiger partial charge < -0.3 is 13.9 Å². The Bertz CT molecular complexity index is 1350. The third-order valence-corrected chi connectivity index (χ3v) is 5.31. The molecular formula is C26H20O5. The van der Waals surface area contributed by atoms with E-state index in [4.69, 9.17) is 13.9 Å². The summed E-state index contributed by atoms with van der Waals surface area (Å²) in [5.41, 5.74) is 2.91. The molecule has 5 rings (SSSR count). The minimum atomic E-state index is -0.828. The molecule has 0 aliphatic carbocycles. The van der Waals surface area contributed by atoms with Gasteiger partial charge in [-0.25, -0.2) is 9.59 Å². The van der Waals surface area contributed by atoms with Gasteiger partial charge in [0.15, 0.2) is 6.10 Å². The number of benzene rings is 3. The number of para-hydroxylation sites is 1. The third kappa shape index (κ3) is 3.28. The molecule has 4 aromatic rings. The van der Waals surface area contributed by atoms with Gasteiger partial charge in [-0.3, -0.25) is 0 Å². The Morgan fingerprint density at radius 1 is 0.871 bits per heavy atom. The summed E-state index contributed by atoms with van der Waals surface area (Å²) in [6.45, 7) is 3.93. The number of hydrogen-bond acceptors (Lipinski definition) is 5. The Labute approximate surface area is 178 Å².